The van der Waals surface area contributed by atoms with E-state index in [2.05, 4.69) is 29.4 Å². The van der Waals surface area contributed by atoms with Gasteiger partial charge in [-0.15, -0.1) is 0 Å². The molecule has 0 radical (unpaired) electrons. The van der Waals surface area contributed by atoms with Crippen molar-refractivity contribution in [2.24, 2.45) is 5.92 Å². The van der Waals surface area contributed by atoms with E-state index in [9.17, 15) is 4.79 Å². The lowest BCUT2D eigenvalue weighted by atomic mass is 10.1. The summed E-state index contributed by atoms with van der Waals surface area (Å²) in [5, 5.41) is 6.86. The summed E-state index contributed by atoms with van der Waals surface area (Å²) >= 11 is 6.11. The molecule has 1 atom stereocenters. The fourth-order valence-corrected chi connectivity index (χ4v) is 2.55. The molecule has 2 N–H and O–H groups in total. The maximum absolute atomic E-state index is 12.1. The number of anilines is 2. The van der Waals surface area contributed by atoms with E-state index >= 15 is 0 Å². The molecule has 1 fully saturated rings. The molecule has 0 aromatic heterocycles. The van der Waals surface area contributed by atoms with Crippen LogP contribution in [0.1, 0.15) is 20.8 Å². The number of carbonyl (C=O) groups is 1. The SMILES string of the molecule is CC(C)[C@@H](C)NC(=O)CNc1cc(Cl)ccc1N1CCOCC1. The van der Waals surface area contributed by atoms with Crippen molar-refractivity contribution < 1.29 is 9.53 Å². The maximum atomic E-state index is 12.1. The number of hydrogen-bond donors (Lipinski definition) is 2. The molecule has 1 heterocycles. The molecule has 1 aliphatic rings. The fourth-order valence-electron chi connectivity index (χ4n) is 2.38. The molecule has 0 bridgehead atoms. The summed E-state index contributed by atoms with van der Waals surface area (Å²) in [6, 6.07) is 5.89. The second kappa shape index (κ2) is 8.41. The number of rotatable bonds is 6. The van der Waals surface area contributed by atoms with E-state index in [1.165, 1.54) is 0 Å². The summed E-state index contributed by atoms with van der Waals surface area (Å²) in [4.78, 5) is 14.3. The lowest BCUT2D eigenvalue weighted by Gasteiger charge is -2.30. The van der Waals surface area contributed by atoms with Gasteiger partial charge in [0.15, 0.2) is 0 Å². The zero-order valence-electron chi connectivity index (χ0n) is 14.1. The van der Waals surface area contributed by atoms with Gasteiger partial charge in [0.2, 0.25) is 5.91 Å². The first kappa shape index (κ1) is 17.9. The topological polar surface area (TPSA) is 53.6 Å². The van der Waals surface area contributed by atoms with E-state index in [1.807, 2.05) is 25.1 Å². The van der Waals surface area contributed by atoms with Gasteiger partial charge in [-0.05, 0) is 31.0 Å². The first-order valence-electron chi connectivity index (χ1n) is 8.13. The minimum absolute atomic E-state index is 0.0147. The average molecular weight is 340 g/mol. The Morgan fingerprint density at radius 1 is 1.30 bits per heavy atom. The van der Waals surface area contributed by atoms with Crippen molar-refractivity contribution in [3.8, 4) is 0 Å². The molecule has 0 aliphatic carbocycles. The van der Waals surface area contributed by atoms with Crippen LogP contribution < -0.4 is 15.5 Å². The Morgan fingerprint density at radius 2 is 2.00 bits per heavy atom. The van der Waals surface area contributed by atoms with Crippen LogP contribution in [0.25, 0.3) is 0 Å². The summed E-state index contributed by atoms with van der Waals surface area (Å²) < 4.78 is 5.40. The van der Waals surface area contributed by atoms with Crippen LogP contribution in [0.4, 0.5) is 11.4 Å². The molecule has 2 rings (SSSR count). The van der Waals surface area contributed by atoms with Gasteiger partial charge in [0, 0.05) is 24.2 Å². The number of amides is 1. The van der Waals surface area contributed by atoms with Gasteiger partial charge in [0.25, 0.3) is 0 Å². The standard InChI is InChI=1S/C17H26ClN3O2/c1-12(2)13(3)20-17(22)11-19-15-10-14(18)4-5-16(15)21-6-8-23-9-7-21/h4-5,10,12-13,19H,6-9,11H2,1-3H3,(H,20,22)/t13-/m1/s1. The Kier molecular flexibility index (Phi) is 6.54. The maximum Gasteiger partial charge on any atom is 0.239 e. The third-order valence-electron chi connectivity index (χ3n) is 4.14. The van der Waals surface area contributed by atoms with Gasteiger partial charge >= 0.3 is 0 Å². The van der Waals surface area contributed by atoms with Crippen LogP contribution in [0.5, 0.6) is 0 Å². The number of hydrogen-bond acceptors (Lipinski definition) is 4. The second-order valence-corrected chi connectivity index (χ2v) is 6.65. The Bertz CT molecular complexity index is 531. The van der Waals surface area contributed by atoms with Crippen molar-refractivity contribution in [3.63, 3.8) is 0 Å². The lowest BCUT2D eigenvalue weighted by Crippen LogP contribution is -2.40. The molecule has 23 heavy (non-hydrogen) atoms. The molecule has 1 aromatic carbocycles. The van der Waals surface area contributed by atoms with Crippen molar-refractivity contribution in [1.82, 2.24) is 5.32 Å². The average Bonchev–Trinajstić information content (AvgIpc) is 2.53. The molecule has 0 spiro atoms. The molecule has 1 saturated heterocycles. The second-order valence-electron chi connectivity index (χ2n) is 6.21. The third-order valence-corrected chi connectivity index (χ3v) is 4.37. The summed E-state index contributed by atoms with van der Waals surface area (Å²) in [6.45, 7) is 9.54. The summed E-state index contributed by atoms with van der Waals surface area (Å²) in [5.41, 5.74) is 1.94. The molecule has 1 amide bonds. The highest BCUT2D eigenvalue weighted by atomic mass is 35.5. The highest BCUT2D eigenvalue weighted by Gasteiger charge is 2.16. The van der Waals surface area contributed by atoms with Crippen LogP contribution in [0.2, 0.25) is 5.02 Å². The number of nitrogens with one attached hydrogen (secondary N) is 2. The molecule has 0 unspecified atom stereocenters. The predicted molar refractivity (Wildman–Crippen MR) is 95.4 cm³/mol. The van der Waals surface area contributed by atoms with Crippen LogP contribution in [-0.2, 0) is 9.53 Å². The van der Waals surface area contributed by atoms with Crippen LogP contribution >= 0.6 is 11.6 Å². The summed E-state index contributed by atoms with van der Waals surface area (Å²) in [6.07, 6.45) is 0. The zero-order chi connectivity index (χ0) is 16.8. The largest absolute Gasteiger partial charge is 0.378 e. The monoisotopic (exact) mass is 339 g/mol. The third kappa shape index (κ3) is 5.29. The highest BCUT2D eigenvalue weighted by molar-refractivity contribution is 6.31. The van der Waals surface area contributed by atoms with Crippen LogP contribution in [0.3, 0.4) is 0 Å². The van der Waals surface area contributed by atoms with Crippen LogP contribution in [-0.4, -0.2) is 44.8 Å². The number of halogens is 1. The van der Waals surface area contributed by atoms with Crippen molar-refractivity contribution in [1.29, 1.82) is 0 Å². The van der Waals surface area contributed by atoms with E-state index in [0.29, 0.717) is 24.2 Å². The first-order valence-corrected chi connectivity index (χ1v) is 8.50. The van der Waals surface area contributed by atoms with Gasteiger partial charge < -0.3 is 20.3 Å². The minimum Gasteiger partial charge on any atom is -0.378 e. The minimum atomic E-state index is -0.0147. The molecular weight excluding hydrogens is 314 g/mol. The Morgan fingerprint density at radius 3 is 2.65 bits per heavy atom. The number of carbonyl (C=O) groups excluding carboxylic acids is 1. The molecule has 1 aliphatic heterocycles. The molecule has 5 nitrogen and oxygen atoms in total. The van der Waals surface area contributed by atoms with Crippen molar-refractivity contribution in [2.45, 2.75) is 26.8 Å². The Hall–Kier alpha value is -1.46. The lowest BCUT2D eigenvalue weighted by molar-refractivity contribution is -0.120. The van der Waals surface area contributed by atoms with E-state index in [0.717, 1.165) is 24.5 Å². The van der Waals surface area contributed by atoms with Crippen molar-refractivity contribution >= 4 is 28.9 Å². The van der Waals surface area contributed by atoms with Gasteiger partial charge in [-0.1, -0.05) is 25.4 Å². The first-order chi connectivity index (χ1) is 11.0. The highest BCUT2D eigenvalue weighted by Crippen LogP contribution is 2.29. The van der Waals surface area contributed by atoms with Gasteiger partial charge in [-0.25, -0.2) is 0 Å². The molecule has 6 heteroatoms. The quantitative estimate of drug-likeness (QED) is 0.836. The van der Waals surface area contributed by atoms with E-state index in [1.54, 1.807) is 0 Å². The molecular formula is C17H26ClN3O2. The van der Waals surface area contributed by atoms with Gasteiger partial charge in [-0.3, -0.25) is 4.79 Å². The van der Waals surface area contributed by atoms with Gasteiger partial charge in [0.05, 0.1) is 31.1 Å². The number of benzene rings is 1. The van der Waals surface area contributed by atoms with Crippen molar-refractivity contribution in [2.75, 3.05) is 43.1 Å². The molecule has 0 saturated carbocycles. The predicted octanol–water partition coefficient (Wildman–Crippen LogP) is 2.75. The molecule has 128 valence electrons. The van der Waals surface area contributed by atoms with E-state index in [4.69, 9.17) is 16.3 Å². The molecule has 1 aromatic rings. The van der Waals surface area contributed by atoms with Crippen LogP contribution in [0.15, 0.2) is 18.2 Å². The van der Waals surface area contributed by atoms with E-state index < -0.39 is 0 Å². The van der Waals surface area contributed by atoms with Gasteiger partial charge in [-0.2, -0.15) is 0 Å². The van der Waals surface area contributed by atoms with Crippen molar-refractivity contribution in [3.05, 3.63) is 23.2 Å². The summed E-state index contributed by atoms with van der Waals surface area (Å²) in [7, 11) is 0. The van der Waals surface area contributed by atoms with Gasteiger partial charge in [0.1, 0.15) is 0 Å². The Labute approximate surface area is 143 Å². The number of nitrogens with zero attached hydrogens (tertiary/aromatic N) is 1. The zero-order valence-corrected chi connectivity index (χ0v) is 14.8. The smallest absolute Gasteiger partial charge is 0.239 e. The van der Waals surface area contributed by atoms with Crippen LogP contribution in [0, 0.1) is 5.92 Å². The fraction of sp³-hybridized carbons (Fsp3) is 0.588. The Balaban J connectivity index is 2.00. The normalized spacial score (nSPS) is 16.3. The number of ether oxygens (including phenoxy) is 1. The summed E-state index contributed by atoms with van der Waals surface area (Å²) in [5.74, 6) is 0.396. The van der Waals surface area contributed by atoms with E-state index in [-0.39, 0.29) is 18.5 Å². The number of morpholine rings is 1.